The van der Waals surface area contributed by atoms with Crippen molar-refractivity contribution in [2.75, 3.05) is 0 Å². The Labute approximate surface area is 77.6 Å². The van der Waals surface area contributed by atoms with E-state index in [1.807, 2.05) is 0 Å². The topological polar surface area (TPSA) is 66.4 Å². The van der Waals surface area contributed by atoms with Gasteiger partial charge < -0.3 is 10.4 Å². The second-order valence-corrected chi connectivity index (χ2v) is 3.07. The second kappa shape index (κ2) is 5.35. The van der Waals surface area contributed by atoms with Crippen LogP contribution in [0.25, 0.3) is 0 Å². The van der Waals surface area contributed by atoms with Crippen molar-refractivity contribution in [2.24, 2.45) is 5.92 Å². The molecule has 0 aliphatic carbocycles. The molecular formula is C9H15NO3. The van der Waals surface area contributed by atoms with Crippen LogP contribution in [0, 0.1) is 5.92 Å². The molecule has 2 N–H and O–H groups in total. The highest BCUT2D eigenvalue weighted by Gasteiger charge is 2.22. The molecule has 1 amide bonds. The number of allylic oxidation sites excluding steroid dienone is 1. The summed E-state index contributed by atoms with van der Waals surface area (Å²) in [7, 11) is 0. The van der Waals surface area contributed by atoms with E-state index in [0.29, 0.717) is 0 Å². The normalized spacial score (nSPS) is 13.2. The molecule has 0 fully saturated rings. The van der Waals surface area contributed by atoms with Crippen LogP contribution in [0.2, 0.25) is 0 Å². The number of hydrogen-bond donors (Lipinski definition) is 2. The lowest BCUT2D eigenvalue weighted by Crippen LogP contribution is -2.43. The van der Waals surface area contributed by atoms with Gasteiger partial charge in [-0.2, -0.15) is 0 Å². The number of carbonyl (C=O) groups excluding carboxylic acids is 1. The molecule has 0 aromatic carbocycles. The van der Waals surface area contributed by atoms with Crippen LogP contribution in [0.15, 0.2) is 12.2 Å². The molecule has 0 heterocycles. The first kappa shape index (κ1) is 11.7. The lowest BCUT2D eigenvalue weighted by Gasteiger charge is -2.16. The van der Waals surface area contributed by atoms with E-state index in [0.717, 1.165) is 0 Å². The van der Waals surface area contributed by atoms with E-state index in [-0.39, 0.29) is 11.8 Å². The molecule has 1 atom stereocenters. The zero-order valence-electron chi connectivity index (χ0n) is 8.07. The van der Waals surface area contributed by atoms with E-state index < -0.39 is 12.0 Å². The first-order valence-corrected chi connectivity index (χ1v) is 4.15. The third-order valence-electron chi connectivity index (χ3n) is 1.55. The zero-order valence-corrected chi connectivity index (χ0v) is 8.07. The van der Waals surface area contributed by atoms with Gasteiger partial charge in [-0.15, -0.1) is 0 Å². The summed E-state index contributed by atoms with van der Waals surface area (Å²) in [6.07, 6.45) is 2.87. The maximum absolute atomic E-state index is 11.0. The summed E-state index contributed by atoms with van der Waals surface area (Å²) in [5, 5.41) is 11.1. The molecule has 0 bridgehead atoms. The van der Waals surface area contributed by atoms with Gasteiger partial charge in [0, 0.05) is 0 Å². The molecule has 1 unspecified atom stereocenters. The maximum Gasteiger partial charge on any atom is 0.326 e. The predicted molar refractivity (Wildman–Crippen MR) is 49.2 cm³/mol. The van der Waals surface area contributed by atoms with Crippen molar-refractivity contribution in [1.29, 1.82) is 0 Å². The Morgan fingerprint density at radius 1 is 1.38 bits per heavy atom. The maximum atomic E-state index is 11.0. The number of nitrogens with one attached hydrogen (secondary N) is 1. The summed E-state index contributed by atoms with van der Waals surface area (Å²) in [5.41, 5.74) is 0. The van der Waals surface area contributed by atoms with Gasteiger partial charge >= 0.3 is 5.97 Å². The van der Waals surface area contributed by atoms with E-state index in [1.54, 1.807) is 26.8 Å². The van der Waals surface area contributed by atoms with Crippen molar-refractivity contribution in [1.82, 2.24) is 5.32 Å². The highest BCUT2D eigenvalue weighted by atomic mass is 16.4. The lowest BCUT2D eigenvalue weighted by atomic mass is 10.1. The lowest BCUT2D eigenvalue weighted by molar-refractivity contribution is -0.142. The molecule has 4 nitrogen and oxygen atoms in total. The quantitative estimate of drug-likeness (QED) is 0.636. The van der Waals surface area contributed by atoms with Crippen LogP contribution >= 0.6 is 0 Å². The summed E-state index contributed by atoms with van der Waals surface area (Å²) in [6.45, 7) is 5.19. The molecular weight excluding hydrogens is 170 g/mol. The fourth-order valence-electron chi connectivity index (χ4n) is 0.866. The number of rotatable bonds is 4. The van der Waals surface area contributed by atoms with E-state index in [1.165, 1.54) is 6.08 Å². The van der Waals surface area contributed by atoms with Gasteiger partial charge in [0.05, 0.1) is 0 Å². The van der Waals surface area contributed by atoms with Crippen LogP contribution in [0.3, 0.4) is 0 Å². The van der Waals surface area contributed by atoms with E-state index in [4.69, 9.17) is 5.11 Å². The minimum Gasteiger partial charge on any atom is -0.480 e. The highest BCUT2D eigenvalue weighted by Crippen LogP contribution is 2.01. The van der Waals surface area contributed by atoms with Crippen molar-refractivity contribution in [2.45, 2.75) is 26.8 Å². The van der Waals surface area contributed by atoms with E-state index in [2.05, 4.69) is 5.32 Å². The minimum atomic E-state index is -1.01. The molecule has 13 heavy (non-hydrogen) atoms. The summed E-state index contributed by atoms with van der Waals surface area (Å²) in [6, 6.07) is -0.816. The molecule has 0 spiro atoms. The van der Waals surface area contributed by atoms with Crippen LogP contribution < -0.4 is 5.32 Å². The first-order valence-electron chi connectivity index (χ1n) is 4.15. The molecule has 0 saturated heterocycles. The Balaban J connectivity index is 4.27. The predicted octanol–water partition coefficient (Wildman–Crippen LogP) is 0.788. The van der Waals surface area contributed by atoms with Crippen molar-refractivity contribution < 1.29 is 14.7 Å². The highest BCUT2D eigenvalue weighted by molar-refractivity contribution is 5.91. The fraction of sp³-hybridized carbons (Fsp3) is 0.556. The largest absolute Gasteiger partial charge is 0.480 e. The third-order valence-corrected chi connectivity index (χ3v) is 1.55. The van der Waals surface area contributed by atoms with Crippen LogP contribution in [-0.4, -0.2) is 23.0 Å². The minimum absolute atomic E-state index is 0.119. The van der Waals surface area contributed by atoms with Crippen LogP contribution in [0.5, 0.6) is 0 Å². The van der Waals surface area contributed by atoms with Gasteiger partial charge in [-0.25, -0.2) is 4.79 Å². The van der Waals surface area contributed by atoms with Gasteiger partial charge in [0.25, 0.3) is 0 Å². The fourth-order valence-corrected chi connectivity index (χ4v) is 0.866. The number of carboxylic acid groups (broad SMARTS) is 1. The smallest absolute Gasteiger partial charge is 0.326 e. The standard InChI is InChI=1S/C9H15NO3/c1-4-5-7(11)10-8(6(2)3)9(12)13/h4-6,8H,1-3H3,(H,10,11)(H,12,13)/b5-4+. The van der Waals surface area contributed by atoms with E-state index in [9.17, 15) is 9.59 Å². The summed E-state index contributed by atoms with van der Waals surface area (Å²) in [4.78, 5) is 21.6. The zero-order chi connectivity index (χ0) is 10.4. The van der Waals surface area contributed by atoms with E-state index >= 15 is 0 Å². The Bertz CT molecular complexity index is 221. The Morgan fingerprint density at radius 3 is 2.23 bits per heavy atom. The van der Waals surface area contributed by atoms with Gasteiger partial charge in [-0.3, -0.25) is 4.79 Å². The Kier molecular flexibility index (Phi) is 4.80. The van der Waals surface area contributed by atoms with Crippen LogP contribution in [0.4, 0.5) is 0 Å². The molecule has 4 heteroatoms. The number of aliphatic carboxylic acids is 1. The van der Waals surface area contributed by atoms with Crippen molar-refractivity contribution in [3.63, 3.8) is 0 Å². The van der Waals surface area contributed by atoms with Gasteiger partial charge in [0.1, 0.15) is 6.04 Å². The van der Waals surface area contributed by atoms with Crippen molar-refractivity contribution >= 4 is 11.9 Å². The molecule has 0 aliphatic heterocycles. The molecule has 0 radical (unpaired) electrons. The number of amides is 1. The summed E-state index contributed by atoms with van der Waals surface area (Å²) < 4.78 is 0. The average molecular weight is 185 g/mol. The van der Waals surface area contributed by atoms with Gasteiger partial charge in [0.15, 0.2) is 0 Å². The summed E-state index contributed by atoms with van der Waals surface area (Å²) >= 11 is 0. The van der Waals surface area contributed by atoms with Crippen molar-refractivity contribution in [3.05, 3.63) is 12.2 Å². The van der Waals surface area contributed by atoms with Gasteiger partial charge in [-0.1, -0.05) is 19.9 Å². The van der Waals surface area contributed by atoms with Gasteiger partial charge in [0.2, 0.25) is 5.91 Å². The third kappa shape index (κ3) is 4.30. The molecule has 0 saturated carbocycles. The monoisotopic (exact) mass is 185 g/mol. The molecule has 0 aromatic rings. The Morgan fingerprint density at radius 2 is 1.92 bits per heavy atom. The molecule has 0 rings (SSSR count). The number of hydrogen-bond acceptors (Lipinski definition) is 2. The summed E-state index contributed by atoms with van der Waals surface area (Å²) in [5.74, 6) is -1.50. The van der Waals surface area contributed by atoms with Crippen LogP contribution in [-0.2, 0) is 9.59 Å². The molecule has 0 aromatic heterocycles. The van der Waals surface area contributed by atoms with Crippen LogP contribution in [0.1, 0.15) is 20.8 Å². The number of carboxylic acids is 1. The first-order chi connectivity index (χ1) is 5.99. The molecule has 74 valence electrons. The van der Waals surface area contributed by atoms with Crippen molar-refractivity contribution in [3.8, 4) is 0 Å². The Hall–Kier alpha value is -1.32. The SMILES string of the molecule is C/C=C/C(=O)NC(C(=O)O)C(C)C. The second-order valence-electron chi connectivity index (χ2n) is 3.07. The average Bonchev–Trinajstić information content (AvgIpc) is 1.99. The molecule has 0 aliphatic rings. The van der Waals surface area contributed by atoms with Gasteiger partial charge in [-0.05, 0) is 18.9 Å². The number of carbonyl (C=O) groups is 2.